The minimum Gasteiger partial charge on any atom is -0.465 e. The highest BCUT2D eigenvalue weighted by Crippen LogP contribution is 2.28. The number of halogens is 2. The lowest BCUT2D eigenvalue weighted by Gasteiger charge is -2.28. The Morgan fingerprint density at radius 2 is 1.62 bits per heavy atom. The Morgan fingerprint density at radius 1 is 0.966 bits per heavy atom. The molecule has 0 spiro atoms. The average Bonchev–Trinajstić information content (AvgIpc) is 2.73. The molecular weight excluding hydrogens is 380 g/mol. The van der Waals surface area contributed by atoms with Crippen molar-refractivity contribution in [1.82, 2.24) is 15.6 Å². The number of rotatable bonds is 6. The largest absolute Gasteiger partial charge is 0.465 e. The molecule has 0 saturated heterocycles. The first-order chi connectivity index (χ1) is 13.9. The number of amides is 2. The van der Waals surface area contributed by atoms with Crippen molar-refractivity contribution in [3.8, 4) is 11.3 Å². The minimum absolute atomic E-state index is 0.245. The van der Waals surface area contributed by atoms with Crippen molar-refractivity contribution in [1.29, 1.82) is 0 Å². The summed E-state index contributed by atoms with van der Waals surface area (Å²) in [4.78, 5) is 27.2. The van der Waals surface area contributed by atoms with E-state index in [2.05, 4.69) is 15.6 Å². The van der Waals surface area contributed by atoms with Gasteiger partial charge in [0.15, 0.2) is 11.6 Å². The number of carboxylic acid groups (broad SMARTS) is 1. The fourth-order valence-electron chi connectivity index (χ4n) is 3.60. The number of carbonyl (C=O) groups is 2. The second kappa shape index (κ2) is 9.45. The van der Waals surface area contributed by atoms with E-state index >= 15 is 0 Å². The first-order valence-electron chi connectivity index (χ1n) is 9.59. The molecule has 1 heterocycles. The topological polar surface area (TPSA) is 91.3 Å². The summed E-state index contributed by atoms with van der Waals surface area (Å²) in [6.07, 6.45) is 4.18. The Balaban J connectivity index is 1.52. The molecule has 29 heavy (non-hydrogen) atoms. The molecule has 8 heteroatoms. The second-order valence-electron chi connectivity index (χ2n) is 7.34. The van der Waals surface area contributed by atoms with Crippen LogP contribution < -0.4 is 10.6 Å². The molecule has 6 nitrogen and oxygen atoms in total. The van der Waals surface area contributed by atoms with Crippen molar-refractivity contribution in [3.05, 3.63) is 53.7 Å². The maximum absolute atomic E-state index is 13.5. The van der Waals surface area contributed by atoms with Gasteiger partial charge in [0.2, 0.25) is 0 Å². The van der Waals surface area contributed by atoms with Gasteiger partial charge in [-0.1, -0.05) is 0 Å². The van der Waals surface area contributed by atoms with Gasteiger partial charge in [0.25, 0.3) is 5.91 Å². The van der Waals surface area contributed by atoms with Gasteiger partial charge in [-0.25, -0.2) is 13.6 Å². The summed E-state index contributed by atoms with van der Waals surface area (Å²) in [6.45, 7) is 1.01. The summed E-state index contributed by atoms with van der Waals surface area (Å²) in [5.41, 5.74) is 1.19. The number of benzene rings is 1. The highest BCUT2D eigenvalue weighted by molar-refractivity contribution is 5.95. The zero-order valence-corrected chi connectivity index (χ0v) is 15.8. The fourth-order valence-corrected chi connectivity index (χ4v) is 3.60. The Bertz CT molecular complexity index is 883. The molecule has 0 bridgehead atoms. The van der Waals surface area contributed by atoms with Gasteiger partial charge in [-0.2, -0.15) is 0 Å². The Labute approximate surface area is 167 Å². The van der Waals surface area contributed by atoms with Gasteiger partial charge in [-0.3, -0.25) is 9.78 Å². The van der Waals surface area contributed by atoms with Gasteiger partial charge in [0.1, 0.15) is 0 Å². The van der Waals surface area contributed by atoms with E-state index in [9.17, 15) is 18.4 Å². The van der Waals surface area contributed by atoms with Crippen LogP contribution in [0.15, 0.2) is 36.5 Å². The fraction of sp³-hybridized carbons (Fsp3) is 0.381. The van der Waals surface area contributed by atoms with Crippen LogP contribution in [0.3, 0.4) is 0 Å². The lowest BCUT2D eigenvalue weighted by atomic mass is 9.82. The zero-order valence-electron chi connectivity index (χ0n) is 15.8. The first kappa shape index (κ1) is 20.7. The molecule has 2 aromatic rings. The third-order valence-electron chi connectivity index (χ3n) is 5.30. The van der Waals surface area contributed by atoms with E-state index in [1.165, 1.54) is 12.3 Å². The predicted octanol–water partition coefficient (Wildman–Crippen LogP) is 3.83. The molecule has 154 valence electrons. The summed E-state index contributed by atoms with van der Waals surface area (Å²) in [7, 11) is 0. The Hall–Kier alpha value is -3.03. The lowest BCUT2D eigenvalue weighted by Crippen LogP contribution is -2.34. The smallest absolute Gasteiger partial charge is 0.404 e. The van der Waals surface area contributed by atoms with Crippen molar-refractivity contribution in [3.63, 3.8) is 0 Å². The van der Waals surface area contributed by atoms with E-state index in [1.807, 2.05) is 0 Å². The minimum atomic E-state index is -1.00. The maximum atomic E-state index is 13.5. The number of pyridine rings is 1. The molecule has 1 saturated carbocycles. The number of aromatic nitrogens is 1. The monoisotopic (exact) mass is 403 g/mol. The summed E-state index contributed by atoms with van der Waals surface area (Å²) in [5.74, 6) is -1.44. The van der Waals surface area contributed by atoms with E-state index in [0.29, 0.717) is 41.7 Å². The molecule has 1 aromatic heterocycles. The molecule has 3 N–H and O–H groups in total. The van der Waals surface area contributed by atoms with Gasteiger partial charge in [0, 0.05) is 30.4 Å². The van der Waals surface area contributed by atoms with E-state index in [-0.39, 0.29) is 5.91 Å². The average molecular weight is 403 g/mol. The van der Waals surface area contributed by atoms with Crippen LogP contribution >= 0.6 is 0 Å². The second-order valence-corrected chi connectivity index (χ2v) is 7.34. The number of carbonyl (C=O) groups excluding carboxylic acids is 1. The van der Waals surface area contributed by atoms with Crippen molar-refractivity contribution in [2.45, 2.75) is 25.7 Å². The molecule has 0 atom stereocenters. The van der Waals surface area contributed by atoms with E-state index in [4.69, 9.17) is 5.11 Å². The van der Waals surface area contributed by atoms with Gasteiger partial charge in [0.05, 0.1) is 5.69 Å². The van der Waals surface area contributed by atoms with Crippen LogP contribution in [0.25, 0.3) is 11.3 Å². The summed E-state index contributed by atoms with van der Waals surface area (Å²) >= 11 is 0. The third-order valence-corrected chi connectivity index (χ3v) is 5.30. The van der Waals surface area contributed by atoms with Gasteiger partial charge < -0.3 is 15.7 Å². The molecule has 1 aromatic carbocycles. The highest BCUT2D eigenvalue weighted by atomic mass is 19.2. The molecule has 1 aliphatic carbocycles. The lowest BCUT2D eigenvalue weighted by molar-refractivity contribution is 0.0940. The Morgan fingerprint density at radius 3 is 2.24 bits per heavy atom. The van der Waals surface area contributed by atoms with E-state index < -0.39 is 17.7 Å². The van der Waals surface area contributed by atoms with Crippen LogP contribution in [0.2, 0.25) is 0 Å². The van der Waals surface area contributed by atoms with Crippen LogP contribution in [-0.2, 0) is 0 Å². The van der Waals surface area contributed by atoms with Gasteiger partial charge in [-0.15, -0.1) is 0 Å². The maximum Gasteiger partial charge on any atom is 0.404 e. The van der Waals surface area contributed by atoms with E-state index in [0.717, 1.165) is 37.8 Å². The molecule has 2 amide bonds. The quantitative estimate of drug-likeness (QED) is 0.684. The number of nitrogens with zero attached hydrogens (tertiary/aromatic N) is 1. The normalized spacial score (nSPS) is 18.8. The van der Waals surface area contributed by atoms with Gasteiger partial charge in [-0.05, 0) is 67.9 Å². The zero-order chi connectivity index (χ0) is 20.8. The molecule has 0 unspecified atom stereocenters. The van der Waals surface area contributed by atoms with Crippen molar-refractivity contribution in [2.24, 2.45) is 11.8 Å². The van der Waals surface area contributed by atoms with Crippen LogP contribution in [0.4, 0.5) is 13.6 Å². The van der Waals surface area contributed by atoms with Gasteiger partial charge >= 0.3 is 6.09 Å². The summed E-state index contributed by atoms with van der Waals surface area (Å²) < 4.78 is 26.6. The molecule has 0 radical (unpaired) electrons. The number of hydrogen-bond donors (Lipinski definition) is 3. The highest BCUT2D eigenvalue weighted by Gasteiger charge is 2.22. The summed E-state index contributed by atoms with van der Waals surface area (Å²) in [5, 5.41) is 14.0. The molecule has 1 fully saturated rings. The van der Waals surface area contributed by atoms with Crippen LogP contribution in [0.5, 0.6) is 0 Å². The molecular formula is C21H23F2N3O3. The summed E-state index contributed by atoms with van der Waals surface area (Å²) in [6, 6.07) is 6.63. The molecule has 3 rings (SSSR count). The van der Waals surface area contributed by atoms with E-state index in [1.54, 1.807) is 12.1 Å². The number of nitrogens with one attached hydrogen (secondary N) is 2. The SMILES string of the molecule is O=C(O)NCC1CCC(CNC(=O)c2ccnc(-c3ccc(F)c(F)c3)c2)CC1. The number of hydrogen-bond acceptors (Lipinski definition) is 3. The molecule has 1 aliphatic rings. The van der Waals surface area contributed by atoms with Crippen LogP contribution in [0, 0.1) is 23.5 Å². The standard InChI is InChI=1S/C21H23F2N3O3/c22-17-6-5-15(9-18(17)23)19-10-16(7-8-24-19)20(27)25-11-13-1-3-14(4-2-13)12-26-21(28)29/h5-10,13-14,26H,1-4,11-12H2,(H,25,27)(H,28,29). The van der Waals surface area contributed by atoms with Crippen molar-refractivity contribution in [2.75, 3.05) is 13.1 Å². The van der Waals surface area contributed by atoms with Crippen molar-refractivity contribution >= 4 is 12.0 Å². The molecule has 0 aliphatic heterocycles. The first-order valence-corrected chi connectivity index (χ1v) is 9.59. The Kier molecular flexibility index (Phi) is 6.74. The van der Waals surface area contributed by atoms with Crippen LogP contribution in [-0.4, -0.2) is 35.2 Å². The third kappa shape index (κ3) is 5.73. The van der Waals surface area contributed by atoms with Crippen molar-refractivity contribution < 1.29 is 23.5 Å². The van der Waals surface area contributed by atoms with Crippen LogP contribution in [0.1, 0.15) is 36.0 Å². The predicted molar refractivity (Wildman–Crippen MR) is 103 cm³/mol.